The van der Waals surface area contributed by atoms with Crippen molar-refractivity contribution in [1.29, 1.82) is 0 Å². The molecule has 3 fully saturated rings. The number of hydrogen-bond acceptors (Lipinski definition) is 2. The van der Waals surface area contributed by atoms with Crippen molar-refractivity contribution in [3.8, 4) is 0 Å². The first kappa shape index (κ1) is 22.4. The molecule has 4 aliphatic carbocycles. The summed E-state index contributed by atoms with van der Waals surface area (Å²) >= 11 is 1.98. The fraction of sp³-hybridized carbons (Fsp3) is 0.885. The van der Waals surface area contributed by atoms with E-state index in [0.717, 1.165) is 31.1 Å². The van der Waals surface area contributed by atoms with Crippen molar-refractivity contribution in [3.05, 3.63) is 11.6 Å². The third-order valence-electron chi connectivity index (χ3n) is 9.66. The predicted octanol–water partition coefficient (Wildman–Crippen LogP) is 5.62. The van der Waals surface area contributed by atoms with Gasteiger partial charge in [-0.25, -0.2) is 0 Å². The van der Waals surface area contributed by atoms with Gasteiger partial charge in [0.25, 0.3) is 0 Å². The Morgan fingerprint density at radius 3 is 2.62 bits per heavy atom. The van der Waals surface area contributed by atoms with E-state index >= 15 is 0 Å². The molecule has 164 valence electrons. The SMILES string of the molecule is CC(=O)[C@H]1CC[C@H]2[C@@H]3CC=C4CC(O)CC([TeH])[C@]4(CCC(C)(C)C)[C@H]3CC[C@]12C. The van der Waals surface area contributed by atoms with E-state index in [-0.39, 0.29) is 11.5 Å². The molecule has 0 aromatic heterocycles. The number of hydrogen-bond donors (Lipinski definition) is 1. The van der Waals surface area contributed by atoms with E-state index < -0.39 is 0 Å². The molecule has 3 saturated carbocycles. The standard InChI is InChI=1S/C26H42O2Te/c1-16(27)20-8-9-21-19-7-6-17-14-18(28)15-23(29)26(17,13-12-24(2,3)4)22(19)10-11-25(20,21)5/h6,18-23,28-29H,7-15H2,1-5H3/t18?,19-,20+,21-,22-,23?,25+,26-/m0/s1. The van der Waals surface area contributed by atoms with Crippen LogP contribution in [0, 0.1) is 39.9 Å². The fourth-order valence-corrected chi connectivity index (χ4v) is 10.3. The van der Waals surface area contributed by atoms with Gasteiger partial charge < -0.3 is 0 Å². The van der Waals surface area contributed by atoms with Gasteiger partial charge in [-0.15, -0.1) is 0 Å². The predicted molar refractivity (Wildman–Crippen MR) is 121 cm³/mol. The van der Waals surface area contributed by atoms with Gasteiger partial charge in [0, 0.05) is 0 Å². The van der Waals surface area contributed by atoms with E-state index in [9.17, 15) is 9.90 Å². The van der Waals surface area contributed by atoms with Crippen LogP contribution in [0.3, 0.4) is 0 Å². The number of aliphatic hydroxyl groups excluding tert-OH is 1. The average Bonchev–Trinajstić information content (AvgIpc) is 2.97. The van der Waals surface area contributed by atoms with Gasteiger partial charge >= 0.3 is 192 Å². The number of Topliss-reactive ketones (excluding diaryl/α,β-unsaturated/α-hetero) is 1. The molecule has 29 heavy (non-hydrogen) atoms. The summed E-state index contributed by atoms with van der Waals surface area (Å²) in [6, 6.07) is 0. The van der Waals surface area contributed by atoms with Crippen molar-refractivity contribution < 1.29 is 9.90 Å². The van der Waals surface area contributed by atoms with Gasteiger partial charge in [-0.2, -0.15) is 0 Å². The van der Waals surface area contributed by atoms with Gasteiger partial charge in [-0.1, -0.05) is 0 Å². The summed E-state index contributed by atoms with van der Waals surface area (Å²) in [5.74, 6) is 2.94. The van der Waals surface area contributed by atoms with E-state index in [2.05, 4.69) is 33.8 Å². The van der Waals surface area contributed by atoms with Crippen molar-refractivity contribution in [2.45, 2.75) is 102 Å². The Morgan fingerprint density at radius 1 is 1.24 bits per heavy atom. The third-order valence-corrected chi connectivity index (χ3v) is 11.6. The van der Waals surface area contributed by atoms with Gasteiger partial charge in [0.05, 0.1) is 0 Å². The Bertz CT molecular complexity index is 691. The van der Waals surface area contributed by atoms with Gasteiger partial charge in [0.15, 0.2) is 0 Å². The van der Waals surface area contributed by atoms with E-state index in [0.29, 0.717) is 32.4 Å². The average molecular weight is 514 g/mol. The number of aliphatic hydroxyl groups is 1. The summed E-state index contributed by atoms with van der Waals surface area (Å²) in [5.41, 5.74) is 2.49. The second-order valence-corrected chi connectivity index (χ2v) is 14.1. The molecule has 8 atom stereocenters. The van der Waals surface area contributed by atoms with Crippen LogP contribution in [0.15, 0.2) is 11.6 Å². The first-order valence-electron chi connectivity index (χ1n) is 12.0. The van der Waals surface area contributed by atoms with E-state index in [1.807, 2.05) is 29.2 Å². The molecule has 0 aliphatic heterocycles. The van der Waals surface area contributed by atoms with Gasteiger partial charge in [0.1, 0.15) is 0 Å². The number of ketones is 1. The number of carbonyl (C=O) groups is 1. The van der Waals surface area contributed by atoms with Crippen molar-refractivity contribution in [2.75, 3.05) is 0 Å². The maximum atomic E-state index is 12.4. The van der Waals surface area contributed by atoms with Crippen LogP contribution in [0.4, 0.5) is 0 Å². The molecule has 2 nitrogen and oxygen atoms in total. The monoisotopic (exact) mass is 516 g/mol. The molecule has 4 rings (SSSR count). The Labute approximate surface area is 191 Å². The molecule has 0 aromatic rings. The minimum atomic E-state index is -0.142. The second-order valence-electron chi connectivity index (χ2n) is 12.3. The summed E-state index contributed by atoms with van der Waals surface area (Å²) in [7, 11) is 0. The molecule has 0 amide bonds. The zero-order valence-corrected chi connectivity index (χ0v) is 21.8. The van der Waals surface area contributed by atoms with Crippen LogP contribution < -0.4 is 0 Å². The zero-order chi connectivity index (χ0) is 21.2. The van der Waals surface area contributed by atoms with Crippen molar-refractivity contribution in [2.24, 2.45) is 39.9 Å². The van der Waals surface area contributed by atoms with Crippen LogP contribution in [-0.4, -0.2) is 39.3 Å². The zero-order valence-electron chi connectivity index (χ0n) is 19.2. The first-order valence-corrected chi connectivity index (χ1v) is 13.5. The number of rotatable bonds is 3. The summed E-state index contributed by atoms with van der Waals surface area (Å²) in [4.78, 5) is 12.4. The Kier molecular flexibility index (Phi) is 5.89. The van der Waals surface area contributed by atoms with E-state index in [1.54, 1.807) is 5.57 Å². The van der Waals surface area contributed by atoms with Crippen LogP contribution in [0.2, 0.25) is 3.97 Å². The van der Waals surface area contributed by atoms with Gasteiger partial charge in [-0.05, 0) is 0 Å². The molecule has 1 N–H and O–H groups in total. The van der Waals surface area contributed by atoms with Gasteiger partial charge in [-0.3, -0.25) is 0 Å². The van der Waals surface area contributed by atoms with E-state index in [4.69, 9.17) is 0 Å². The topological polar surface area (TPSA) is 37.3 Å². The van der Waals surface area contributed by atoms with Crippen LogP contribution >= 0.6 is 0 Å². The number of allylic oxidation sites excluding steroid dienone is 1. The molecule has 0 saturated heterocycles. The summed E-state index contributed by atoms with van der Waals surface area (Å²) in [6.07, 6.45) is 12.9. The molecule has 3 heteroatoms. The maximum absolute atomic E-state index is 12.4. The molecule has 2 unspecified atom stereocenters. The molecular weight excluding hydrogens is 472 g/mol. The Balaban J connectivity index is 1.71. The van der Waals surface area contributed by atoms with Crippen molar-refractivity contribution in [1.82, 2.24) is 0 Å². The normalized spacial score (nSPS) is 47.1. The quantitative estimate of drug-likeness (QED) is 0.392. The Morgan fingerprint density at radius 2 is 1.97 bits per heavy atom. The van der Waals surface area contributed by atoms with Crippen molar-refractivity contribution >= 4 is 28.1 Å². The number of fused-ring (bicyclic) bond motifs is 5. The molecular formula is C26H42O2Te. The summed E-state index contributed by atoms with van der Waals surface area (Å²) < 4.78 is 0.607. The molecule has 0 radical (unpaired) electrons. The van der Waals surface area contributed by atoms with Crippen LogP contribution in [-0.2, 0) is 4.79 Å². The summed E-state index contributed by atoms with van der Waals surface area (Å²) in [6.45, 7) is 11.4. The second kappa shape index (κ2) is 7.63. The first-order chi connectivity index (χ1) is 13.5. The fourth-order valence-electron chi connectivity index (χ4n) is 8.26. The Hall–Kier alpha value is 0.160. The minimum absolute atomic E-state index is 0.142. The van der Waals surface area contributed by atoms with Crippen LogP contribution in [0.5, 0.6) is 0 Å². The van der Waals surface area contributed by atoms with Crippen molar-refractivity contribution in [3.63, 3.8) is 0 Å². The molecule has 0 spiro atoms. The third kappa shape index (κ3) is 3.60. The van der Waals surface area contributed by atoms with Crippen LogP contribution in [0.25, 0.3) is 0 Å². The van der Waals surface area contributed by atoms with Gasteiger partial charge in [0.2, 0.25) is 0 Å². The molecule has 0 bridgehead atoms. The summed E-state index contributed by atoms with van der Waals surface area (Å²) in [5, 5.41) is 10.6. The molecule has 0 aromatic carbocycles. The van der Waals surface area contributed by atoms with Crippen LogP contribution in [0.1, 0.15) is 92.4 Å². The molecule has 0 heterocycles. The van der Waals surface area contributed by atoms with E-state index in [1.165, 1.54) is 38.5 Å². The molecule has 4 aliphatic rings. The number of carbonyl (C=O) groups excluding carboxylic acids is 1.